The molecule has 2 rings (SSSR count). The second-order valence-electron chi connectivity index (χ2n) is 6.32. The van der Waals surface area contributed by atoms with E-state index in [4.69, 9.17) is 9.47 Å². The monoisotopic (exact) mass is 396 g/mol. The minimum Gasteiger partial charge on any atom is -0.469 e. The summed E-state index contributed by atoms with van der Waals surface area (Å²) in [6, 6.07) is 3.62. The molecule has 1 aliphatic heterocycles. The number of carbonyl (C=O) groups excluding carboxylic acids is 2. The Morgan fingerprint density at radius 1 is 1.41 bits per heavy atom. The SMILES string of the molecule is COC(=O)CCC/C=C\C[C@H]1CO[C@@H](C)O[C@H]1CNNC(=O)c1cccs1. The first-order valence-electron chi connectivity index (χ1n) is 9.15. The molecule has 2 heterocycles. The molecule has 8 heteroatoms. The third-order valence-electron chi connectivity index (χ3n) is 4.27. The maximum Gasteiger partial charge on any atom is 0.305 e. The maximum atomic E-state index is 12.0. The number of nitrogens with one attached hydrogen (secondary N) is 2. The molecule has 3 atom stereocenters. The van der Waals surface area contributed by atoms with Gasteiger partial charge in [-0.25, -0.2) is 5.43 Å². The van der Waals surface area contributed by atoms with Crippen LogP contribution in [0.3, 0.4) is 0 Å². The van der Waals surface area contributed by atoms with Gasteiger partial charge in [0.05, 0.1) is 24.7 Å². The van der Waals surface area contributed by atoms with Gasteiger partial charge < -0.3 is 14.2 Å². The molecule has 0 bridgehead atoms. The Morgan fingerprint density at radius 3 is 3.00 bits per heavy atom. The number of esters is 1. The van der Waals surface area contributed by atoms with Crippen LogP contribution in [0.25, 0.3) is 0 Å². The molecule has 7 nitrogen and oxygen atoms in total. The largest absolute Gasteiger partial charge is 0.469 e. The summed E-state index contributed by atoms with van der Waals surface area (Å²) >= 11 is 1.40. The van der Waals surface area contributed by atoms with Crippen molar-refractivity contribution >= 4 is 23.2 Å². The number of thiophene rings is 1. The van der Waals surface area contributed by atoms with Crippen molar-refractivity contribution in [3.05, 3.63) is 34.5 Å². The van der Waals surface area contributed by atoms with Gasteiger partial charge in [0.2, 0.25) is 0 Å². The molecule has 27 heavy (non-hydrogen) atoms. The number of methoxy groups -OCH3 is 1. The number of rotatable bonds is 10. The van der Waals surface area contributed by atoms with Gasteiger partial charge in [-0.05, 0) is 37.6 Å². The van der Waals surface area contributed by atoms with Crippen LogP contribution >= 0.6 is 11.3 Å². The van der Waals surface area contributed by atoms with Gasteiger partial charge in [0.25, 0.3) is 5.91 Å². The zero-order chi connectivity index (χ0) is 19.5. The van der Waals surface area contributed by atoms with Gasteiger partial charge in [-0.2, -0.15) is 0 Å². The topological polar surface area (TPSA) is 85.9 Å². The zero-order valence-corrected chi connectivity index (χ0v) is 16.6. The summed E-state index contributed by atoms with van der Waals surface area (Å²) in [5.74, 6) is -0.126. The van der Waals surface area contributed by atoms with Crippen LogP contribution in [0.1, 0.15) is 42.3 Å². The van der Waals surface area contributed by atoms with Crippen LogP contribution in [0.4, 0.5) is 0 Å². The summed E-state index contributed by atoms with van der Waals surface area (Å²) in [5, 5.41) is 1.87. The number of hydrogen-bond acceptors (Lipinski definition) is 7. The lowest BCUT2D eigenvalue weighted by Crippen LogP contribution is -2.48. The van der Waals surface area contributed by atoms with Crippen molar-refractivity contribution in [2.75, 3.05) is 20.3 Å². The van der Waals surface area contributed by atoms with Gasteiger partial charge in [-0.15, -0.1) is 11.3 Å². The average molecular weight is 397 g/mol. The number of hydrazine groups is 1. The van der Waals surface area contributed by atoms with E-state index in [1.165, 1.54) is 18.4 Å². The molecule has 0 unspecified atom stereocenters. The Balaban J connectivity index is 1.71. The molecule has 2 N–H and O–H groups in total. The highest BCUT2D eigenvalue weighted by Gasteiger charge is 2.29. The van der Waals surface area contributed by atoms with Gasteiger partial charge in [0.15, 0.2) is 6.29 Å². The first kappa shape index (κ1) is 21.6. The molecule has 0 saturated carbocycles. The number of carbonyl (C=O) groups is 2. The van der Waals surface area contributed by atoms with Crippen molar-refractivity contribution < 1.29 is 23.8 Å². The lowest BCUT2D eigenvalue weighted by atomic mass is 9.97. The predicted octanol–water partition coefficient (Wildman–Crippen LogP) is 2.65. The zero-order valence-electron chi connectivity index (χ0n) is 15.8. The molecule has 1 aliphatic rings. The lowest BCUT2D eigenvalue weighted by Gasteiger charge is -2.35. The molecular formula is C19H28N2O5S. The quantitative estimate of drug-likeness (QED) is 0.274. The van der Waals surface area contributed by atoms with Crippen molar-refractivity contribution in [2.24, 2.45) is 5.92 Å². The van der Waals surface area contributed by atoms with Crippen LogP contribution in [0.5, 0.6) is 0 Å². The standard InChI is InChI=1S/C19H28N2O5S/c1-14-25-13-15(8-5-3-4-6-10-18(22)24-2)16(26-14)12-20-21-19(23)17-9-7-11-27-17/h3,5,7,9,11,14-16,20H,4,6,8,10,12-13H2,1-2H3,(H,21,23)/b5-3-/t14-,15+,16+/m1/s1. The summed E-state index contributed by atoms with van der Waals surface area (Å²) in [7, 11) is 1.40. The molecule has 1 saturated heterocycles. The third-order valence-corrected chi connectivity index (χ3v) is 5.14. The molecular weight excluding hydrogens is 368 g/mol. The van der Waals surface area contributed by atoms with E-state index in [1.807, 2.05) is 18.4 Å². The fourth-order valence-corrected chi connectivity index (χ4v) is 3.37. The van der Waals surface area contributed by atoms with E-state index in [-0.39, 0.29) is 30.2 Å². The summed E-state index contributed by atoms with van der Waals surface area (Å²) < 4.78 is 16.1. The number of allylic oxidation sites excluding steroid dienone is 2. The number of unbranched alkanes of at least 4 members (excludes halogenated alkanes) is 1. The first-order valence-corrected chi connectivity index (χ1v) is 10.0. The number of amides is 1. The number of hydrogen-bond donors (Lipinski definition) is 2. The minimum absolute atomic E-state index is 0.0582. The smallest absolute Gasteiger partial charge is 0.305 e. The Labute approximate surface area is 164 Å². The molecule has 1 aromatic rings. The fraction of sp³-hybridized carbons (Fsp3) is 0.579. The Hall–Kier alpha value is -1.74. The Morgan fingerprint density at radius 2 is 2.26 bits per heavy atom. The van der Waals surface area contributed by atoms with E-state index in [0.29, 0.717) is 24.4 Å². The highest BCUT2D eigenvalue weighted by atomic mass is 32.1. The van der Waals surface area contributed by atoms with Crippen LogP contribution < -0.4 is 10.9 Å². The van der Waals surface area contributed by atoms with Gasteiger partial charge in [0.1, 0.15) is 0 Å². The van der Waals surface area contributed by atoms with Gasteiger partial charge in [0, 0.05) is 18.9 Å². The Bertz CT molecular complexity index is 605. The summed E-state index contributed by atoms with van der Waals surface area (Å²) in [5.41, 5.74) is 5.68. The summed E-state index contributed by atoms with van der Waals surface area (Å²) in [6.07, 6.45) is 6.71. The van der Waals surface area contributed by atoms with Crippen LogP contribution in [0.2, 0.25) is 0 Å². The molecule has 0 aliphatic carbocycles. The predicted molar refractivity (Wildman–Crippen MR) is 103 cm³/mol. The molecule has 1 fully saturated rings. The van der Waals surface area contributed by atoms with Crippen molar-refractivity contribution in [3.8, 4) is 0 Å². The lowest BCUT2D eigenvalue weighted by molar-refractivity contribution is -0.225. The van der Waals surface area contributed by atoms with E-state index >= 15 is 0 Å². The maximum absolute atomic E-state index is 12.0. The second-order valence-corrected chi connectivity index (χ2v) is 7.27. The molecule has 0 radical (unpaired) electrons. The molecule has 1 aromatic heterocycles. The second kappa shape index (κ2) is 11.9. The van der Waals surface area contributed by atoms with Crippen LogP contribution in [0, 0.1) is 5.92 Å². The molecule has 0 aromatic carbocycles. The summed E-state index contributed by atoms with van der Waals surface area (Å²) in [4.78, 5) is 23.7. The Kier molecular flexibility index (Phi) is 9.47. The van der Waals surface area contributed by atoms with Crippen molar-refractivity contribution in [1.29, 1.82) is 0 Å². The van der Waals surface area contributed by atoms with Crippen LogP contribution in [-0.2, 0) is 19.0 Å². The molecule has 150 valence electrons. The average Bonchev–Trinajstić information content (AvgIpc) is 3.20. The van der Waals surface area contributed by atoms with Crippen molar-refractivity contribution in [1.82, 2.24) is 10.9 Å². The molecule has 0 spiro atoms. The molecule has 1 amide bonds. The van der Waals surface area contributed by atoms with Gasteiger partial charge in [-0.3, -0.25) is 15.0 Å². The summed E-state index contributed by atoms with van der Waals surface area (Å²) in [6.45, 7) is 2.99. The highest BCUT2D eigenvalue weighted by molar-refractivity contribution is 7.12. The first-order chi connectivity index (χ1) is 13.1. The van der Waals surface area contributed by atoms with E-state index in [9.17, 15) is 9.59 Å². The van der Waals surface area contributed by atoms with Crippen molar-refractivity contribution in [3.63, 3.8) is 0 Å². The normalized spacial score (nSPS) is 22.7. The van der Waals surface area contributed by atoms with E-state index in [2.05, 4.69) is 27.7 Å². The van der Waals surface area contributed by atoms with E-state index in [0.717, 1.165) is 19.3 Å². The highest BCUT2D eigenvalue weighted by Crippen LogP contribution is 2.22. The van der Waals surface area contributed by atoms with Gasteiger partial charge >= 0.3 is 5.97 Å². The number of ether oxygens (including phenoxy) is 3. The van der Waals surface area contributed by atoms with Crippen LogP contribution in [0.15, 0.2) is 29.7 Å². The van der Waals surface area contributed by atoms with E-state index in [1.54, 1.807) is 6.07 Å². The van der Waals surface area contributed by atoms with Gasteiger partial charge in [-0.1, -0.05) is 18.2 Å². The van der Waals surface area contributed by atoms with E-state index < -0.39 is 0 Å². The fourth-order valence-electron chi connectivity index (χ4n) is 2.75. The third kappa shape index (κ3) is 7.80. The van der Waals surface area contributed by atoms with Crippen molar-refractivity contribution in [2.45, 2.75) is 45.0 Å². The minimum atomic E-state index is -0.259. The van der Waals surface area contributed by atoms with Crippen LogP contribution in [-0.4, -0.2) is 44.5 Å².